The summed E-state index contributed by atoms with van der Waals surface area (Å²) in [6.07, 6.45) is 1.91. The lowest BCUT2D eigenvalue weighted by Crippen LogP contribution is -2.52. The van der Waals surface area contributed by atoms with Crippen LogP contribution in [-0.4, -0.2) is 79.7 Å². The second kappa shape index (κ2) is 11.5. The molecule has 2 aromatic carbocycles. The molecule has 0 unspecified atom stereocenters. The molecule has 2 aromatic rings. The Morgan fingerprint density at radius 1 is 0.889 bits per heavy atom. The van der Waals surface area contributed by atoms with Gasteiger partial charge in [0.05, 0.1) is 62.3 Å². The molecule has 1 N–H and O–H groups in total. The van der Waals surface area contributed by atoms with Crippen molar-refractivity contribution in [1.82, 2.24) is 0 Å². The topological polar surface area (TPSA) is 110 Å². The van der Waals surface area contributed by atoms with E-state index in [0.29, 0.717) is 52.6 Å². The highest BCUT2D eigenvalue weighted by Gasteiger charge is 2.40. The SMILES string of the molecule is COc1cc2c(cc1OC)[C@H](Cc1cc(OC)c(OC)c(OC)c1)[N@@+]([13CH3])(CCCOS(=O)(=O)O)CC2. The van der Waals surface area contributed by atoms with Gasteiger partial charge in [-0.1, -0.05) is 0 Å². The summed E-state index contributed by atoms with van der Waals surface area (Å²) < 4.78 is 63.9. The van der Waals surface area contributed by atoms with Crippen molar-refractivity contribution < 1.29 is 45.3 Å². The maximum atomic E-state index is 11.0. The molecule has 0 spiro atoms. The first-order valence-corrected chi connectivity index (χ1v) is 12.9. The van der Waals surface area contributed by atoms with E-state index >= 15 is 0 Å². The molecular weight excluding hydrogens is 491 g/mol. The zero-order chi connectivity index (χ0) is 26.5. The van der Waals surface area contributed by atoms with Crippen LogP contribution in [0.2, 0.25) is 0 Å². The van der Waals surface area contributed by atoms with Crippen molar-refractivity contribution in [2.75, 3.05) is 62.3 Å². The van der Waals surface area contributed by atoms with Gasteiger partial charge in [-0.3, -0.25) is 4.55 Å². The van der Waals surface area contributed by atoms with Crippen LogP contribution >= 0.6 is 0 Å². The molecule has 0 bridgehead atoms. The number of hydrogen-bond donors (Lipinski definition) is 1. The van der Waals surface area contributed by atoms with Crippen LogP contribution in [0.4, 0.5) is 0 Å². The molecule has 200 valence electrons. The number of likely N-dealkylation sites (N-methyl/N-ethyl adjacent to an activating group) is 1. The lowest BCUT2D eigenvalue weighted by atomic mass is 9.86. The Morgan fingerprint density at radius 3 is 2.00 bits per heavy atom. The Morgan fingerprint density at radius 2 is 1.47 bits per heavy atom. The van der Waals surface area contributed by atoms with Crippen molar-refractivity contribution in [3.8, 4) is 28.7 Å². The second-order valence-electron chi connectivity index (χ2n) is 8.94. The number of ether oxygens (including phenoxy) is 5. The van der Waals surface area contributed by atoms with Crippen molar-refractivity contribution in [3.63, 3.8) is 0 Å². The van der Waals surface area contributed by atoms with Crippen molar-refractivity contribution >= 4 is 10.4 Å². The fourth-order valence-electron chi connectivity index (χ4n) is 5.00. The molecule has 1 heterocycles. The van der Waals surface area contributed by atoms with E-state index in [9.17, 15) is 8.42 Å². The summed E-state index contributed by atoms with van der Waals surface area (Å²) in [7, 11) is 5.65. The summed E-state index contributed by atoms with van der Waals surface area (Å²) in [6, 6.07) is 7.95. The highest BCUT2D eigenvalue weighted by molar-refractivity contribution is 7.80. The van der Waals surface area contributed by atoms with Gasteiger partial charge in [0.25, 0.3) is 0 Å². The van der Waals surface area contributed by atoms with E-state index in [1.165, 1.54) is 5.56 Å². The molecule has 0 amide bonds. The van der Waals surface area contributed by atoms with E-state index < -0.39 is 10.4 Å². The van der Waals surface area contributed by atoms with Gasteiger partial charge in [-0.15, -0.1) is 0 Å². The number of hydrogen-bond acceptors (Lipinski definition) is 8. The second-order valence-corrected chi connectivity index (χ2v) is 10.0. The Hall–Kier alpha value is -2.73. The van der Waals surface area contributed by atoms with Gasteiger partial charge in [-0.05, 0) is 35.4 Å². The lowest BCUT2D eigenvalue weighted by molar-refractivity contribution is -0.941. The van der Waals surface area contributed by atoms with Crippen LogP contribution in [0.3, 0.4) is 0 Å². The third-order valence-electron chi connectivity index (χ3n) is 6.85. The van der Waals surface area contributed by atoms with E-state index in [1.54, 1.807) is 35.5 Å². The molecule has 0 aromatic heterocycles. The predicted octanol–water partition coefficient (Wildman–Crippen LogP) is 3.23. The van der Waals surface area contributed by atoms with Crippen molar-refractivity contribution in [3.05, 3.63) is 41.0 Å². The Kier molecular flexibility index (Phi) is 8.93. The van der Waals surface area contributed by atoms with Crippen LogP contribution in [0.25, 0.3) is 0 Å². The number of quaternary nitrogens is 1. The lowest BCUT2D eigenvalue weighted by Gasteiger charge is -2.46. The summed E-state index contributed by atoms with van der Waals surface area (Å²) in [5.74, 6) is 3.01. The minimum absolute atomic E-state index is 0.00194. The Labute approximate surface area is 213 Å². The van der Waals surface area contributed by atoms with Crippen LogP contribution in [-0.2, 0) is 27.4 Å². The van der Waals surface area contributed by atoms with Gasteiger partial charge in [0.2, 0.25) is 5.75 Å². The molecule has 2 atom stereocenters. The van der Waals surface area contributed by atoms with E-state index in [-0.39, 0.29) is 12.6 Å². The van der Waals surface area contributed by atoms with E-state index in [2.05, 4.69) is 11.2 Å². The van der Waals surface area contributed by atoms with Crippen LogP contribution in [0.5, 0.6) is 28.7 Å². The molecule has 36 heavy (non-hydrogen) atoms. The molecule has 0 saturated heterocycles. The minimum Gasteiger partial charge on any atom is -0.493 e. The molecule has 1 aliphatic rings. The van der Waals surface area contributed by atoms with Crippen molar-refractivity contribution in [2.24, 2.45) is 0 Å². The molecule has 0 radical (unpaired) electrons. The van der Waals surface area contributed by atoms with Crippen LogP contribution < -0.4 is 23.7 Å². The van der Waals surface area contributed by atoms with Crippen molar-refractivity contribution in [2.45, 2.75) is 25.3 Å². The van der Waals surface area contributed by atoms with E-state index in [1.807, 2.05) is 24.3 Å². The smallest absolute Gasteiger partial charge is 0.397 e. The van der Waals surface area contributed by atoms with Gasteiger partial charge in [0.1, 0.15) is 6.04 Å². The number of fused-ring (bicyclic) bond motifs is 1. The monoisotopic (exact) mass is 527 g/mol. The van der Waals surface area contributed by atoms with Gasteiger partial charge in [-0.25, -0.2) is 4.18 Å². The number of rotatable bonds is 12. The number of benzene rings is 2. The maximum Gasteiger partial charge on any atom is 0.397 e. The summed E-state index contributed by atoms with van der Waals surface area (Å²) >= 11 is 0. The Balaban J connectivity index is 2.04. The molecule has 11 heteroatoms. The first-order valence-electron chi connectivity index (χ1n) is 11.6. The fraction of sp³-hybridized carbons (Fsp3) is 0.520. The van der Waals surface area contributed by atoms with E-state index in [0.717, 1.165) is 24.1 Å². The first kappa shape index (κ1) is 27.9. The largest absolute Gasteiger partial charge is 0.493 e. The van der Waals surface area contributed by atoms with E-state index in [4.69, 9.17) is 28.2 Å². The molecule has 0 fully saturated rings. The predicted molar refractivity (Wildman–Crippen MR) is 134 cm³/mol. The standard InChI is InChI=1S/C25H35NO9S/c1-26(9-7-11-35-36(27,28)29)10-8-18-15-21(30-2)22(31-3)16-19(18)20(26)12-17-13-23(32-4)25(34-6)24(14-17)33-5/h13-16,20H,7-12H2,1-6H3/p+1/t20-,26-/m0/s1/i1+1. The average molecular weight is 528 g/mol. The normalized spacial score (nSPS) is 19.4. The quantitative estimate of drug-likeness (QED) is 0.193. The zero-order valence-electron chi connectivity index (χ0n) is 21.7. The fourth-order valence-corrected chi connectivity index (χ4v) is 5.32. The molecule has 1 aliphatic heterocycles. The highest BCUT2D eigenvalue weighted by Crippen LogP contribution is 2.44. The summed E-state index contributed by atoms with van der Waals surface area (Å²) in [5, 5.41) is 0. The zero-order valence-corrected chi connectivity index (χ0v) is 22.5. The van der Waals surface area contributed by atoms with Gasteiger partial charge in [0, 0.05) is 24.8 Å². The summed E-state index contributed by atoms with van der Waals surface area (Å²) in [4.78, 5) is 0. The molecule has 0 saturated carbocycles. The maximum absolute atomic E-state index is 11.0. The van der Waals surface area contributed by atoms with Gasteiger partial charge in [-0.2, -0.15) is 8.42 Å². The summed E-state index contributed by atoms with van der Waals surface area (Å²) in [5.41, 5.74) is 3.30. The number of nitrogens with zero attached hydrogens (tertiary/aromatic N) is 1. The Bertz CT molecular complexity index is 1140. The molecular formula is C25H36NO9S+. The minimum atomic E-state index is -4.47. The van der Waals surface area contributed by atoms with Gasteiger partial charge >= 0.3 is 10.4 Å². The van der Waals surface area contributed by atoms with Gasteiger partial charge in [0.15, 0.2) is 23.0 Å². The molecule has 3 rings (SSSR count). The van der Waals surface area contributed by atoms with Gasteiger partial charge < -0.3 is 28.2 Å². The third-order valence-corrected chi connectivity index (χ3v) is 7.31. The summed E-state index contributed by atoms with van der Waals surface area (Å²) in [6.45, 7) is 1.37. The van der Waals surface area contributed by atoms with Crippen LogP contribution in [0, 0.1) is 0 Å². The third kappa shape index (κ3) is 6.15. The number of methoxy groups -OCH3 is 5. The van der Waals surface area contributed by atoms with Crippen LogP contribution in [0.1, 0.15) is 29.2 Å². The molecule has 0 aliphatic carbocycles. The average Bonchev–Trinajstić information content (AvgIpc) is 2.86. The van der Waals surface area contributed by atoms with Crippen LogP contribution in [0.15, 0.2) is 24.3 Å². The van der Waals surface area contributed by atoms with Crippen molar-refractivity contribution in [1.29, 1.82) is 0 Å². The molecule has 10 nitrogen and oxygen atoms in total. The highest BCUT2D eigenvalue weighted by atomic mass is 32.3. The first-order chi connectivity index (χ1) is 17.1.